The largest absolute Gasteiger partial charge is 0.455 e. The van der Waals surface area contributed by atoms with Crippen molar-refractivity contribution in [3.63, 3.8) is 0 Å². The van der Waals surface area contributed by atoms with Crippen LogP contribution in [0.4, 0.5) is 5.82 Å². The maximum atomic E-state index is 11.8. The summed E-state index contributed by atoms with van der Waals surface area (Å²) in [6.07, 6.45) is 6.27. The fraction of sp³-hybridized carbons (Fsp3) is 0.333. The molecule has 4 rings (SSSR count). The molecule has 0 radical (unpaired) electrons. The molecular formula is C18H19N5O2S2. The summed E-state index contributed by atoms with van der Waals surface area (Å²) in [4.78, 5) is 26.0. The fourth-order valence-corrected chi connectivity index (χ4v) is 4.04. The van der Waals surface area contributed by atoms with E-state index in [0.29, 0.717) is 26.4 Å². The van der Waals surface area contributed by atoms with E-state index in [-0.39, 0.29) is 5.91 Å². The Kier molecular flexibility index (Phi) is 5.24. The monoisotopic (exact) mass is 401 g/mol. The van der Waals surface area contributed by atoms with Crippen molar-refractivity contribution in [2.24, 2.45) is 0 Å². The summed E-state index contributed by atoms with van der Waals surface area (Å²) < 4.78 is 6.32. The number of aromatic nitrogens is 2. The molecule has 0 bridgehead atoms. The first-order chi connectivity index (χ1) is 13.1. The second-order valence-electron chi connectivity index (χ2n) is 6.46. The number of carbonyl (C=O) groups is 1. The highest BCUT2D eigenvalue weighted by molar-refractivity contribution is 8.26. The van der Waals surface area contributed by atoms with Crippen molar-refractivity contribution in [3.05, 3.63) is 35.2 Å². The van der Waals surface area contributed by atoms with Crippen molar-refractivity contribution in [3.8, 4) is 11.5 Å². The number of anilines is 1. The van der Waals surface area contributed by atoms with Gasteiger partial charge < -0.3 is 19.5 Å². The summed E-state index contributed by atoms with van der Waals surface area (Å²) in [6.45, 7) is 3.99. The van der Waals surface area contributed by atoms with Crippen molar-refractivity contribution in [1.82, 2.24) is 20.2 Å². The third-order valence-corrected chi connectivity index (χ3v) is 5.62. The lowest BCUT2D eigenvalue weighted by Crippen LogP contribution is -2.29. The normalized spacial score (nSPS) is 20.2. The van der Waals surface area contributed by atoms with Crippen LogP contribution < -0.4 is 10.2 Å². The van der Waals surface area contributed by atoms with Crippen LogP contribution in [0, 0.1) is 0 Å². The second kappa shape index (κ2) is 7.79. The van der Waals surface area contributed by atoms with Gasteiger partial charge in [-0.25, -0.2) is 4.98 Å². The third kappa shape index (κ3) is 4.20. The smallest absolute Gasteiger partial charge is 0.263 e. The third-order valence-electron chi connectivity index (χ3n) is 4.46. The Hall–Kier alpha value is -2.23. The number of nitrogens with one attached hydrogen (secondary N) is 1. The topological polar surface area (TPSA) is 74.5 Å². The molecule has 9 heteroatoms. The summed E-state index contributed by atoms with van der Waals surface area (Å²) in [7, 11) is 2.14. The number of nitrogens with zero attached hydrogens (tertiary/aromatic N) is 4. The molecule has 0 aliphatic carbocycles. The SMILES string of the molecule is CN1CCCN(c2cncc(-c3ccc(C=C4SC(=S)NC4=O)o3)n2)CC1. The van der Waals surface area contributed by atoms with E-state index in [9.17, 15) is 4.79 Å². The molecule has 140 valence electrons. The van der Waals surface area contributed by atoms with E-state index >= 15 is 0 Å². The van der Waals surface area contributed by atoms with Gasteiger partial charge in [-0.1, -0.05) is 24.0 Å². The van der Waals surface area contributed by atoms with Crippen molar-refractivity contribution < 1.29 is 9.21 Å². The van der Waals surface area contributed by atoms with Gasteiger partial charge in [0.2, 0.25) is 0 Å². The van der Waals surface area contributed by atoms with Gasteiger partial charge in [0.25, 0.3) is 5.91 Å². The zero-order valence-electron chi connectivity index (χ0n) is 14.8. The van der Waals surface area contributed by atoms with E-state index in [2.05, 4.69) is 27.1 Å². The zero-order valence-corrected chi connectivity index (χ0v) is 16.5. The molecule has 1 N–H and O–H groups in total. The highest BCUT2D eigenvalue weighted by Gasteiger charge is 2.22. The molecule has 2 aliphatic heterocycles. The number of thioether (sulfide) groups is 1. The van der Waals surface area contributed by atoms with Crippen molar-refractivity contribution >= 4 is 46.1 Å². The van der Waals surface area contributed by atoms with E-state index in [1.807, 2.05) is 12.1 Å². The van der Waals surface area contributed by atoms with Gasteiger partial charge in [0.1, 0.15) is 21.6 Å². The van der Waals surface area contributed by atoms with Gasteiger partial charge in [-0.05, 0) is 32.1 Å². The molecule has 2 aromatic rings. The first-order valence-corrected chi connectivity index (χ1v) is 9.91. The highest BCUT2D eigenvalue weighted by Crippen LogP contribution is 2.28. The summed E-state index contributed by atoms with van der Waals surface area (Å²) in [6, 6.07) is 3.65. The first-order valence-electron chi connectivity index (χ1n) is 8.69. The number of amides is 1. The molecular weight excluding hydrogens is 382 g/mol. The van der Waals surface area contributed by atoms with Crippen LogP contribution in [0.1, 0.15) is 12.2 Å². The van der Waals surface area contributed by atoms with Crippen molar-refractivity contribution in [2.75, 3.05) is 38.1 Å². The van der Waals surface area contributed by atoms with Gasteiger partial charge in [-0.2, -0.15) is 0 Å². The number of carbonyl (C=O) groups excluding carboxylic acids is 1. The molecule has 2 aliphatic rings. The van der Waals surface area contributed by atoms with Crippen LogP contribution in [0.15, 0.2) is 33.8 Å². The van der Waals surface area contributed by atoms with Crippen LogP contribution in [-0.2, 0) is 4.79 Å². The van der Waals surface area contributed by atoms with Crippen LogP contribution in [0.3, 0.4) is 0 Å². The number of likely N-dealkylation sites (N-methyl/N-ethyl adjacent to an activating group) is 1. The number of hydrogen-bond donors (Lipinski definition) is 1. The summed E-state index contributed by atoms with van der Waals surface area (Å²) in [5.41, 5.74) is 0.675. The Morgan fingerprint density at radius 1 is 1.26 bits per heavy atom. The minimum atomic E-state index is -0.198. The van der Waals surface area contributed by atoms with Crippen LogP contribution in [-0.4, -0.2) is 58.3 Å². The number of hydrogen-bond acceptors (Lipinski definition) is 8. The molecule has 2 saturated heterocycles. The first kappa shape index (κ1) is 18.1. The van der Waals surface area contributed by atoms with Gasteiger partial charge in [0.15, 0.2) is 5.76 Å². The molecule has 2 aromatic heterocycles. The summed E-state index contributed by atoms with van der Waals surface area (Å²) in [5, 5.41) is 2.59. The average Bonchev–Trinajstić information content (AvgIpc) is 3.17. The van der Waals surface area contributed by atoms with Gasteiger partial charge in [-0.3, -0.25) is 9.78 Å². The van der Waals surface area contributed by atoms with Crippen LogP contribution in [0.5, 0.6) is 0 Å². The predicted octanol–water partition coefficient (Wildman–Crippen LogP) is 2.37. The molecule has 2 fully saturated rings. The average molecular weight is 402 g/mol. The fourth-order valence-electron chi connectivity index (χ4n) is 3.02. The second-order valence-corrected chi connectivity index (χ2v) is 8.18. The highest BCUT2D eigenvalue weighted by atomic mass is 32.2. The van der Waals surface area contributed by atoms with Gasteiger partial charge in [-0.15, -0.1) is 0 Å². The molecule has 0 aromatic carbocycles. The van der Waals surface area contributed by atoms with Crippen LogP contribution in [0.2, 0.25) is 0 Å². The lowest BCUT2D eigenvalue weighted by molar-refractivity contribution is -0.115. The molecule has 4 heterocycles. The maximum Gasteiger partial charge on any atom is 0.263 e. The minimum Gasteiger partial charge on any atom is -0.455 e. The number of thiocarbonyl (C=S) groups is 1. The van der Waals surface area contributed by atoms with E-state index in [1.54, 1.807) is 18.5 Å². The van der Waals surface area contributed by atoms with Crippen LogP contribution >= 0.6 is 24.0 Å². The minimum absolute atomic E-state index is 0.198. The van der Waals surface area contributed by atoms with E-state index in [0.717, 1.165) is 38.4 Å². The molecule has 1 amide bonds. The van der Waals surface area contributed by atoms with E-state index in [4.69, 9.17) is 21.6 Å². The lowest BCUT2D eigenvalue weighted by Gasteiger charge is -2.21. The lowest BCUT2D eigenvalue weighted by atomic mass is 10.3. The molecule has 0 spiro atoms. The van der Waals surface area contributed by atoms with Gasteiger partial charge in [0.05, 0.1) is 17.3 Å². The quantitative estimate of drug-likeness (QED) is 0.621. The molecule has 7 nitrogen and oxygen atoms in total. The van der Waals surface area contributed by atoms with Gasteiger partial charge >= 0.3 is 0 Å². The van der Waals surface area contributed by atoms with E-state index < -0.39 is 0 Å². The van der Waals surface area contributed by atoms with Crippen LogP contribution in [0.25, 0.3) is 17.5 Å². The Balaban J connectivity index is 1.54. The molecule has 27 heavy (non-hydrogen) atoms. The Morgan fingerprint density at radius 2 is 2.15 bits per heavy atom. The molecule has 0 unspecified atom stereocenters. The Bertz CT molecular complexity index is 911. The summed E-state index contributed by atoms with van der Waals surface area (Å²) >= 11 is 6.23. The van der Waals surface area contributed by atoms with Crippen molar-refractivity contribution in [1.29, 1.82) is 0 Å². The zero-order chi connectivity index (χ0) is 18.8. The Morgan fingerprint density at radius 3 is 2.96 bits per heavy atom. The number of rotatable bonds is 3. The molecule has 0 saturated carbocycles. The van der Waals surface area contributed by atoms with Crippen molar-refractivity contribution in [2.45, 2.75) is 6.42 Å². The standard InChI is InChI=1S/C18H19N5O2S2/c1-22-5-2-6-23(8-7-22)16-11-19-10-13(20-16)14-4-3-12(25-14)9-15-17(24)21-18(26)27-15/h3-4,9-11H,2,5-8H2,1H3,(H,21,24,26). The van der Waals surface area contributed by atoms with Gasteiger partial charge in [0, 0.05) is 25.7 Å². The molecule has 0 atom stereocenters. The predicted molar refractivity (Wildman–Crippen MR) is 110 cm³/mol. The maximum absolute atomic E-state index is 11.8. The van der Waals surface area contributed by atoms with E-state index in [1.165, 1.54) is 11.8 Å². The number of furan rings is 1. The Labute approximate surface area is 166 Å². The summed E-state index contributed by atoms with van der Waals surface area (Å²) in [5.74, 6) is 1.86.